The number of nitrogens with zero attached hydrogens (tertiary/aromatic N) is 4. The number of benzene rings is 2. The molecule has 0 saturated carbocycles. The number of aryl methyl sites for hydroxylation is 2. The van der Waals surface area contributed by atoms with E-state index in [0.717, 1.165) is 28.5 Å². The maximum atomic E-state index is 12.6. The average molecular weight is 444 g/mol. The van der Waals surface area contributed by atoms with Crippen LogP contribution in [0, 0.1) is 13.8 Å². The Labute approximate surface area is 194 Å². The van der Waals surface area contributed by atoms with E-state index in [2.05, 4.69) is 34.3 Å². The van der Waals surface area contributed by atoms with Crippen LogP contribution in [-0.4, -0.2) is 54.1 Å². The molecule has 0 atom stereocenters. The number of hydrogen-bond acceptors (Lipinski definition) is 6. The molecule has 2 aromatic carbocycles. The van der Waals surface area contributed by atoms with Crippen LogP contribution in [0.4, 0.5) is 17.5 Å². The monoisotopic (exact) mass is 443 g/mol. The normalized spacial score (nSPS) is 13.9. The molecule has 0 bridgehead atoms. The van der Waals surface area contributed by atoms with Gasteiger partial charge in [0.15, 0.2) is 0 Å². The number of amides is 1. The van der Waals surface area contributed by atoms with Crippen LogP contribution >= 0.6 is 0 Å². The molecule has 1 N–H and O–H groups in total. The second kappa shape index (κ2) is 10.2. The van der Waals surface area contributed by atoms with Crippen molar-refractivity contribution in [1.82, 2.24) is 14.9 Å². The molecule has 0 radical (unpaired) electrons. The third-order valence-electron chi connectivity index (χ3n) is 5.57. The molecule has 1 fully saturated rings. The number of carbonyl (C=O) groups excluding carboxylic acids is 1. The zero-order valence-corrected chi connectivity index (χ0v) is 19.3. The van der Waals surface area contributed by atoms with Crippen molar-refractivity contribution in [1.29, 1.82) is 0 Å². The number of ether oxygens (including phenoxy) is 1. The topological polar surface area (TPSA) is 70.6 Å². The van der Waals surface area contributed by atoms with Gasteiger partial charge in [-0.1, -0.05) is 29.8 Å². The highest BCUT2D eigenvalue weighted by Crippen LogP contribution is 2.20. The summed E-state index contributed by atoms with van der Waals surface area (Å²) in [5, 5.41) is 3.36. The van der Waals surface area contributed by atoms with Gasteiger partial charge in [0.2, 0.25) is 11.9 Å². The Morgan fingerprint density at radius 1 is 0.970 bits per heavy atom. The number of rotatable bonds is 6. The van der Waals surface area contributed by atoms with E-state index in [9.17, 15) is 4.79 Å². The van der Waals surface area contributed by atoms with Crippen LogP contribution in [-0.2, 0) is 4.79 Å². The maximum absolute atomic E-state index is 12.6. The quantitative estimate of drug-likeness (QED) is 0.576. The van der Waals surface area contributed by atoms with Crippen LogP contribution in [0.25, 0.3) is 6.08 Å². The molecule has 170 valence electrons. The minimum atomic E-state index is 0.0114. The highest BCUT2D eigenvalue weighted by atomic mass is 16.5. The van der Waals surface area contributed by atoms with Gasteiger partial charge in [-0.2, -0.15) is 4.98 Å². The number of nitrogens with one attached hydrogen (secondary N) is 1. The molecule has 1 aliphatic rings. The van der Waals surface area contributed by atoms with Crippen LogP contribution in [0.2, 0.25) is 0 Å². The van der Waals surface area contributed by atoms with Crippen molar-refractivity contribution in [3.63, 3.8) is 0 Å². The van der Waals surface area contributed by atoms with E-state index in [0.29, 0.717) is 32.1 Å². The summed E-state index contributed by atoms with van der Waals surface area (Å²) in [6, 6.07) is 17.8. The van der Waals surface area contributed by atoms with E-state index >= 15 is 0 Å². The third kappa shape index (κ3) is 5.88. The molecule has 1 saturated heterocycles. The Kier molecular flexibility index (Phi) is 6.88. The molecular weight excluding hydrogens is 414 g/mol. The molecule has 4 rings (SSSR count). The summed E-state index contributed by atoms with van der Waals surface area (Å²) in [5.41, 5.74) is 4.06. The van der Waals surface area contributed by atoms with Crippen molar-refractivity contribution in [2.75, 3.05) is 43.5 Å². The number of anilines is 3. The van der Waals surface area contributed by atoms with Crippen molar-refractivity contribution in [3.8, 4) is 5.75 Å². The van der Waals surface area contributed by atoms with E-state index in [4.69, 9.17) is 9.72 Å². The molecule has 0 spiro atoms. The van der Waals surface area contributed by atoms with Gasteiger partial charge in [-0.3, -0.25) is 4.79 Å². The summed E-state index contributed by atoms with van der Waals surface area (Å²) in [7, 11) is 1.64. The van der Waals surface area contributed by atoms with Gasteiger partial charge in [0, 0.05) is 49.7 Å². The first-order valence-electron chi connectivity index (χ1n) is 11.1. The number of carbonyl (C=O) groups is 1. The molecule has 2 heterocycles. The standard InChI is InChI=1S/C26H29N5O2/c1-19-4-9-22(10-5-19)28-24-18-20(2)27-26(29-24)31-16-14-30(15-17-31)25(32)13-8-21-6-11-23(33-3)12-7-21/h4-13,18H,14-17H2,1-3H3,(H,27,28,29)/b13-8+. The summed E-state index contributed by atoms with van der Waals surface area (Å²) in [4.78, 5) is 25.9. The Bertz CT molecular complexity index is 1120. The van der Waals surface area contributed by atoms with Gasteiger partial charge in [0.05, 0.1) is 7.11 Å². The zero-order valence-electron chi connectivity index (χ0n) is 19.3. The predicted molar refractivity (Wildman–Crippen MR) is 132 cm³/mol. The highest BCUT2D eigenvalue weighted by molar-refractivity contribution is 5.92. The van der Waals surface area contributed by atoms with Crippen molar-refractivity contribution < 1.29 is 9.53 Å². The number of hydrogen-bond donors (Lipinski definition) is 1. The Balaban J connectivity index is 1.36. The summed E-state index contributed by atoms with van der Waals surface area (Å²) in [5.74, 6) is 2.26. The summed E-state index contributed by atoms with van der Waals surface area (Å²) in [6.45, 7) is 6.67. The van der Waals surface area contributed by atoms with Gasteiger partial charge in [-0.15, -0.1) is 0 Å². The number of methoxy groups -OCH3 is 1. The lowest BCUT2D eigenvalue weighted by molar-refractivity contribution is -0.126. The van der Waals surface area contributed by atoms with Crippen molar-refractivity contribution >= 4 is 29.4 Å². The molecule has 0 unspecified atom stereocenters. The van der Waals surface area contributed by atoms with Gasteiger partial charge in [-0.05, 0) is 49.8 Å². The van der Waals surface area contributed by atoms with E-state index in [1.54, 1.807) is 13.2 Å². The summed E-state index contributed by atoms with van der Waals surface area (Å²) in [6.07, 6.45) is 3.46. The molecule has 33 heavy (non-hydrogen) atoms. The van der Waals surface area contributed by atoms with Gasteiger partial charge >= 0.3 is 0 Å². The van der Waals surface area contributed by atoms with Crippen molar-refractivity contribution in [2.45, 2.75) is 13.8 Å². The fourth-order valence-electron chi connectivity index (χ4n) is 3.66. The SMILES string of the molecule is COc1ccc(/C=C/C(=O)N2CCN(c3nc(C)cc(Nc4ccc(C)cc4)n3)CC2)cc1. The van der Waals surface area contributed by atoms with E-state index in [1.807, 2.05) is 60.4 Å². The zero-order chi connectivity index (χ0) is 23.2. The average Bonchev–Trinajstić information content (AvgIpc) is 2.84. The van der Waals surface area contributed by atoms with Crippen molar-refractivity contribution in [2.24, 2.45) is 0 Å². The van der Waals surface area contributed by atoms with Gasteiger partial charge in [0.25, 0.3) is 0 Å². The van der Waals surface area contributed by atoms with Crippen LogP contribution < -0.4 is 15.0 Å². The highest BCUT2D eigenvalue weighted by Gasteiger charge is 2.22. The Morgan fingerprint density at radius 3 is 2.33 bits per heavy atom. The summed E-state index contributed by atoms with van der Waals surface area (Å²) >= 11 is 0. The molecule has 7 heteroatoms. The van der Waals surface area contributed by atoms with Crippen LogP contribution in [0.15, 0.2) is 60.7 Å². The second-order valence-electron chi connectivity index (χ2n) is 8.10. The van der Waals surface area contributed by atoms with Crippen LogP contribution in [0.1, 0.15) is 16.8 Å². The van der Waals surface area contributed by atoms with E-state index in [1.165, 1.54) is 5.56 Å². The largest absolute Gasteiger partial charge is 0.497 e. The molecule has 1 amide bonds. The predicted octanol–water partition coefficient (Wildman–Crippen LogP) is 4.21. The molecule has 0 aliphatic carbocycles. The number of piperazine rings is 1. The van der Waals surface area contributed by atoms with E-state index < -0.39 is 0 Å². The third-order valence-corrected chi connectivity index (χ3v) is 5.57. The number of aromatic nitrogens is 2. The fourth-order valence-corrected chi connectivity index (χ4v) is 3.66. The minimum Gasteiger partial charge on any atom is -0.497 e. The maximum Gasteiger partial charge on any atom is 0.246 e. The second-order valence-corrected chi connectivity index (χ2v) is 8.10. The minimum absolute atomic E-state index is 0.0114. The Morgan fingerprint density at radius 2 is 1.67 bits per heavy atom. The first-order valence-corrected chi connectivity index (χ1v) is 11.1. The van der Waals surface area contributed by atoms with Gasteiger partial charge in [0.1, 0.15) is 11.6 Å². The first kappa shape index (κ1) is 22.3. The molecular formula is C26H29N5O2. The van der Waals surface area contributed by atoms with Gasteiger partial charge < -0.3 is 19.9 Å². The molecule has 3 aromatic rings. The first-order chi connectivity index (χ1) is 16.0. The molecule has 1 aromatic heterocycles. The smallest absolute Gasteiger partial charge is 0.246 e. The van der Waals surface area contributed by atoms with E-state index in [-0.39, 0.29) is 5.91 Å². The summed E-state index contributed by atoms with van der Waals surface area (Å²) < 4.78 is 5.17. The molecule has 1 aliphatic heterocycles. The molecule has 7 nitrogen and oxygen atoms in total. The van der Waals surface area contributed by atoms with Gasteiger partial charge in [-0.25, -0.2) is 4.98 Å². The fraction of sp³-hybridized carbons (Fsp3) is 0.269. The van der Waals surface area contributed by atoms with Crippen molar-refractivity contribution in [3.05, 3.63) is 77.5 Å². The lowest BCUT2D eigenvalue weighted by Crippen LogP contribution is -2.48. The lowest BCUT2D eigenvalue weighted by atomic mass is 10.2. The lowest BCUT2D eigenvalue weighted by Gasteiger charge is -2.34. The van der Waals surface area contributed by atoms with Crippen LogP contribution in [0.3, 0.4) is 0 Å². The van der Waals surface area contributed by atoms with Crippen LogP contribution in [0.5, 0.6) is 5.75 Å². The Hall–Kier alpha value is -3.87.